The average molecular weight is 327 g/mol. The molecule has 0 aliphatic carbocycles. The van der Waals surface area contributed by atoms with Crippen molar-refractivity contribution in [1.29, 1.82) is 0 Å². The maximum absolute atomic E-state index is 12.1. The molecule has 0 bridgehead atoms. The van der Waals surface area contributed by atoms with Crippen molar-refractivity contribution in [3.63, 3.8) is 0 Å². The van der Waals surface area contributed by atoms with Gasteiger partial charge < -0.3 is 10.1 Å². The van der Waals surface area contributed by atoms with Gasteiger partial charge in [-0.2, -0.15) is 11.8 Å². The molecular weight excluding hydrogens is 312 g/mol. The Labute approximate surface area is 120 Å². The third kappa shape index (κ3) is 4.22. The summed E-state index contributed by atoms with van der Waals surface area (Å²) < 4.78 is 26.6. The van der Waals surface area contributed by atoms with Crippen LogP contribution in [0.5, 0.6) is 0 Å². The molecule has 0 fully saturated rings. The van der Waals surface area contributed by atoms with Crippen molar-refractivity contribution >= 4 is 33.4 Å². The van der Waals surface area contributed by atoms with Crippen LogP contribution in [-0.2, 0) is 10.0 Å². The van der Waals surface area contributed by atoms with E-state index in [9.17, 15) is 13.2 Å². The molecule has 0 aromatic carbocycles. The minimum Gasteiger partial charge on any atom is -0.395 e. The van der Waals surface area contributed by atoms with Crippen molar-refractivity contribution in [2.45, 2.75) is 23.1 Å². The summed E-state index contributed by atoms with van der Waals surface area (Å²) in [5, 5.41) is 8.67. The van der Waals surface area contributed by atoms with Crippen molar-refractivity contribution in [3.8, 4) is 0 Å². The Balaban J connectivity index is 2.98. The number of hydrogen-bond donors (Lipinski definition) is 3. The highest BCUT2D eigenvalue weighted by Gasteiger charge is 2.23. The highest BCUT2D eigenvalue weighted by molar-refractivity contribution is 7.99. The number of hydrogen-bond acceptors (Lipinski definition) is 5. The van der Waals surface area contributed by atoms with Crippen LogP contribution in [0, 0.1) is 0 Å². The quantitative estimate of drug-likeness (QED) is 0.703. The summed E-state index contributed by atoms with van der Waals surface area (Å²) in [6, 6.07) is 0.623. The van der Waals surface area contributed by atoms with Crippen molar-refractivity contribution in [2.24, 2.45) is 0 Å². The molecule has 2 atom stereocenters. The van der Waals surface area contributed by atoms with E-state index >= 15 is 0 Å². The monoisotopic (exact) mass is 326 g/mol. The second kappa shape index (κ2) is 6.76. The molecule has 108 valence electrons. The van der Waals surface area contributed by atoms with E-state index in [1.54, 1.807) is 13.2 Å². The zero-order valence-electron chi connectivity index (χ0n) is 10.4. The molecule has 0 amide bonds. The first-order valence-corrected chi connectivity index (χ1v) is 8.51. The van der Waals surface area contributed by atoms with Gasteiger partial charge in [-0.05, 0) is 19.2 Å². The molecule has 0 spiro atoms. The Morgan fingerprint density at radius 1 is 1.58 bits per heavy atom. The molecule has 19 heavy (non-hydrogen) atoms. The van der Waals surface area contributed by atoms with Crippen LogP contribution in [0.4, 0.5) is 0 Å². The van der Waals surface area contributed by atoms with E-state index in [0.29, 0.717) is 0 Å². The van der Waals surface area contributed by atoms with Gasteiger partial charge in [-0.25, -0.2) is 13.1 Å². The molecule has 0 saturated heterocycles. The molecule has 1 aromatic heterocycles. The van der Waals surface area contributed by atoms with Crippen LogP contribution < -0.4 is 10.3 Å². The number of aromatic amines is 1. The third-order valence-electron chi connectivity index (χ3n) is 2.52. The molecule has 0 radical (unpaired) electrons. The fraction of sp³-hybridized carbons (Fsp3) is 0.500. The van der Waals surface area contributed by atoms with E-state index in [2.05, 4.69) is 9.71 Å². The summed E-state index contributed by atoms with van der Waals surface area (Å²) in [7, 11) is -3.79. The lowest BCUT2D eigenvalue weighted by molar-refractivity contribution is 0.282. The Bertz CT molecular complexity index is 583. The maximum atomic E-state index is 12.1. The second-order valence-electron chi connectivity index (χ2n) is 3.88. The summed E-state index contributed by atoms with van der Waals surface area (Å²) in [5.41, 5.74) is -0.550. The fourth-order valence-corrected chi connectivity index (χ4v) is 3.64. The highest BCUT2D eigenvalue weighted by Crippen LogP contribution is 2.15. The van der Waals surface area contributed by atoms with Crippen LogP contribution in [0.3, 0.4) is 0 Å². The van der Waals surface area contributed by atoms with Gasteiger partial charge in [-0.1, -0.05) is 11.6 Å². The van der Waals surface area contributed by atoms with Crippen LogP contribution >= 0.6 is 23.4 Å². The first-order chi connectivity index (χ1) is 8.81. The minimum absolute atomic E-state index is 0.123. The molecule has 1 rings (SSSR count). The molecule has 1 aromatic rings. The number of rotatable bonds is 6. The summed E-state index contributed by atoms with van der Waals surface area (Å²) in [5.74, 6) is 0. The number of sulfonamides is 1. The fourth-order valence-electron chi connectivity index (χ4n) is 1.42. The number of H-pyrrole nitrogens is 1. The minimum atomic E-state index is -3.79. The van der Waals surface area contributed by atoms with Gasteiger partial charge in [0.1, 0.15) is 5.02 Å². The van der Waals surface area contributed by atoms with Gasteiger partial charge in [0.2, 0.25) is 10.0 Å². The Hall–Kier alpha value is -0.540. The van der Waals surface area contributed by atoms with Gasteiger partial charge in [-0.3, -0.25) is 4.79 Å². The topological polar surface area (TPSA) is 99.3 Å². The zero-order chi connectivity index (χ0) is 14.6. The lowest BCUT2D eigenvalue weighted by Crippen LogP contribution is -2.41. The van der Waals surface area contributed by atoms with Gasteiger partial charge in [0.15, 0.2) is 0 Å². The SMILES string of the molecule is CSC(CO)C(C)NS(=O)(=O)c1c[nH]c(=O)c(Cl)c1. The molecule has 0 aliphatic heterocycles. The summed E-state index contributed by atoms with van der Waals surface area (Å²) in [6.07, 6.45) is 2.86. The Kier molecular flexibility index (Phi) is 5.87. The van der Waals surface area contributed by atoms with Crippen molar-refractivity contribution < 1.29 is 13.5 Å². The maximum Gasteiger partial charge on any atom is 0.266 e. The van der Waals surface area contributed by atoms with Gasteiger partial charge >= 0.3 is 0 Å². The van der Waals surface area contributed by atoms with E-state index < -0.39 is 21.6 Å². The number of thioether (sulfide) groups is 1. The number of aliphatic hydroxyl groups is 1. The number of aliphatic hydroxyl groups excluding tert-OH is 1. The first-order valence-electron chi connectivity index (χ1n) is 5.36. The van der Waals surface area contributed by atoms with Crippen LogP contribution in [0.2, 0.25) is 5.02 Å². The molecular formula is C10H15ClN2O4S2. The van der Waals surface area contributed by atoms with Crippen molar-refractivity contribution in [1.82, 2.24) is 9.71 Å². The lowest BCUT2D eigenvalue weighted by atomic mass is 10.3. The summed E-state index contributed by atoms with van der Waals surface area (Å²) in [4.78, 5) is 13.2. The van der Waals surface area contributed by atoms with Gasteiger partial charge in [0.05, 0.1) is 11.5 Å². The molecule has 0 aliphatic rings. The summed E-state index contributed by atoms with van der Waals surface area (Å²) >= 11 is 6.95. The van der Waals surface area contributed by atoms with Crippen LogP contribution in [0.15, 0.2) is 22.0 Å². The van der Waals surface area contributed by atoms with Crippen LogP contribution in [0.25, 0.3) is 0 Å². The predicted molar refractivity (Wildman–Crippen MR) is 76.2 cm³/mol. The number of halogens is 1. The number of nitrogens with one attached hydrogen (secondary N) is 2. The molecule has 1 heterocycles. The van der Waals surface area contributed by atoms with E-state index in [0.717, 1.165) is 12.3 Å². The van der Waals surface area contributed by atoms with Gasteiger partial charge in [-0.15, -0.1) is 0 Å². The summed E-state index contributed by atoms with van der Waals surface area (Å²) in [6.45, 7) is 1.51. The highest BCUT2D eigenvalue weighted by atomic mass is 35.5. The largest absolute Gasteiger partial charge is 0.395 e. The van der Waals surface area contributed by atoms with E-state index in [4.69, 9.17) is 16.7 Å². The van der Waals surface area contributed by atoms with Gasteiger partial charge in [0.25, 0.3) is 5.56 Å². The second-order valence-corrected chi connectivity index (χ2v) is 7.08. The molecule has 3 N–H and O–H groups in total. The predicted octanol–water partition coefficient (Wildman–Crippen LogP) is 0.419. The van der Waals surface area contributed by atoms with Crippen LogP contribution in [0.1, 0.15) is 6.92 Å². The zero-order valence-corrected chi connectivity index (χ0v) is 12.8. The normalized spacial score (nSPS) is 15.2. The van der Waals surface area contributed by atoms with Crippen molar-refractivity contribution in [2.75, 3.05) is 12.9 Å². The Morgan fingerprint density at radius 2 is 2.21 bits per heavy atom. The Morgan fingerprint density at radius 3 is 2.68 bits per heavy atom. The third-order valence-corrected chi connectivity index (χ3v) is 5.51. The van der Waals surface area contributed by atoms with Crippen molar-refractivity contribution in [3.05, 3.63) is 27.6 Å². The lowest BCUT2D eigenvalue weighted by Gasteiger charge is -2.21. The van der Waals surface area contributed by atoms with E-state index in [1.807, 2.05) is 0 Å². The smallest absolute Gasteiger partial charge is 0.266 e. The molecule has 9 heteroatoms. The van der Waals surface area contributed by atoms with E-state index in [1.165, 1.54) is 11.8 Å². The van der Waals surface area contributed by atoms with E-state index in [-0.39, 0.29) is 21.8 Å². The number of pyridine rings is 1. The van der Waals surface area contributed by atoms with Crippen LogP contribution in [-0.4, -0.2) is 42.7 Å². The first kappa shape index (κ1) is 16.5. The average Bonchev–Trinajstić information content (AvgIpc) is 2.33. The molecule has 0 saturated carbocycles. The number of aromatic nitrogens is 1. The standard InChI is InChI=1S/C10H15ClN2O4S2/c1-6(9(5-14)18-2)13-19(16,17)7-3-8(11)10(15)12-4-7/h3-4,6,9,13-14H,5H2,1-2H3,(H,12,15). The van der Waals surface area contributed by atoms with Gasteiger partial charge in [0, 0.05) is 17.5 Å². The molecule has 2 unspecified atom stereocenters. The molecule has 6 nitrogen and oxygen atoms in total.